The van der Waals surface area contributed by atoms with Gasteiger partial charge in [0, 0.05) is 25.4 Å². The van der Waals surface area contributed by atoms with E-state index in [0.717, 1.165) is 16.7 Å². The zero-order valence-electron chi connectivity index (χ0n) is 31.7. The van der Waals surface area contributed by atoms with Crippen molar-refractivity contribution < 1.29 is 38.1 Å². The number of nitrogens with zero attached hydrogens (tertiary/aromatic N) is 2. The standard InChI is InChI=1S/C41H56N2O8/c1-28(2)49-39(45)36(24-30-12-16-34(47-8)17-13-30)43(37(40(46)50-29(3)4)25-31-14-18-35(48-9)19-15-31)22-20-32(23-33-11-10-21-42-27-33)26-38(44)51-41(5,6)7/h10-19,21,27-29,32,36-37H,20,22-26H2,1-9H3. The minimum Gasteiger partial charge on any atom is -0.497 e. The fraction of sp³-hybridized carbons (Fsp3) is 0.512. The SMILES string of the molecule is COc1ccc(CC(C(=O)OC(C)C)N(CCC(CC(=O)OC(C)(C)C)Cc2cccnc2)C(Cc2ccc(OC)cc2)C(=O)OC(C)C)cc1. The van der Waals surface area contributed by atoms with Crippen molar-refractivity contribution in [2.75, 3.05) is 20.8 Å². The second-order valence-electron chi connectivity index (χ2n) is 14.4. The smallest absolute Gasteiger partial charge is 0.323 e. The van der Waals surface area contributed by atoms with Gasteiger partial charge in [0.1, 0.15) is 29.2 Å². The summed E-state index contributed by atoms with van der Waals surface area (Å²) in [4.78, 5) is 47.7. The largest absolute Gasteiger partial charge is 0.497 e. The first kappa shape index (κ1) is 41.0. The number of esters is 3. The molecule has 3 aromatic rings. The molecule has 278 valence electrons. The Kier molecular flexibility index (Phi) is 15.9. The first-order valence-corrected chi connectivity index (χ1v) is 17.7. The number of methoxy groups -OCH3 is 2. The summed E-state index contributed by atoms with van der Waals surface area (Å²) in [6.07, 6.45) is 4.44. The van der Waals surface area contributed by atoms with Gasteiger partial charge >= 0.3 is 17.9 Å². The lowest BCUT2D eigenvalue weighted by Gasteiger charge is -2.37. The third-order valence-electron chi connectivity index (χ3n) is 8.14. The molecule has 1 heterocycles. The molecule has 0 spiro atoms. The summed E-state index contributed by atoms with van der Waals surface area (Å²) in [5.41, 5.74) is 2.07. The molecular weight excluding hydrogens is 648 g/mol. The molecule has 2 aromatic carbocycles. The number of hydrogen-bond acceptors (Lipinski definition) is 10. The van der Waals surface area contributed by atoms with Crippen LogP contribution in [0.15, 0.2) is 73.1 Å². The summed E-state index contributed by atoms with van der Waals surface area (Å²) in [6, 6.07) is 17.1. The Morgan fingerprint density at radius 3 is 1.59 bits per heavy atom. The maximum Gasteiger partial charge on any atom is 0.323 e. The van der Waals surface area contributed by atoms with Crippen LogP contribution in [0.2, 0.25) is 0 Å². The van der Waals surface area contributed by atoms with Crippen LogP contribution in [0.1, 0.15) is 78.0 Å². The second-order valence-corrected chi connectivity index (χ2v) is 14.4. The molecule has 1 aromatic heterocycles. The Bertz CT molecular complexity index is 1430. The van der Waals surface area contributed by atoms with Crippen LogP contribution in [0.3, 0.4) is 0 Å². The van der Waals surface area contributed by atoms with E-state index >= 15 is 0 Å². The number of benzene rings is 2. The molecule has 0 aliphatic rings. The van der Waals surface area contributed by atoms with Crippen LogP contribution < -0.4 is 9.47 Å². The molecule has 0 saturated heterocycles. The maximum atomic E-state index is 14.1. The van der Waals surface area contributed by atoms with E-state index in [4.69, 9.17) is 23.7 Å². The van der Waals surface area contributed by atoms with E-state index in [1.165, 1.54) is 0 Å². The van der Waals surface area contributed by atoms with Gasteiger partial charge in [-0.05, 0) is 127 Å². The summed E-state index contributed by atoms with van der Waals surface area (Å²) in [7, 11) is 3.20. The molecule has 0 fully saturated rings. The van der Waals surface area contributed by atoms with E-state index in [2.05, 4.69) is 4.98 Å². The van der Waals surface area contributed by atoms with Gasteiger partial charge < -0.3 is 23.7 Å². The molecule has 3 unspecified atom stereocenters. The first-order chi connectivity index (χ1) is 24.2. The first-order valence-electron chi connectivity index (χ1n) is 17.7. The monoisotopic (exact) mass is 704 g/mol. The van der Waals surface area contributed by atoms with Crippen molar-refractivity contribution >= 4 is 17.9 Å². The highest BCUT2D eigenvalue weighted by Gasteiger charge is 2.38. The van der Waals surface area contributed by atoms with Crippen LogP contribution in [-0.4, -0.2) is 78.4 Å². The second kappa shape index (κ2) is 19.8. The van der Waals surface area contributed by atoms with Crippen LogP contribution in [0.25, 0.3) is 0 Å². The Balaban J connectivity index is 2.12. The van der Waals surface area contributed by atoms with Crippen molar-refractivity contribution in [3.63, 3.8) is 0 Å². The van der Waals surface area contributed by atoms with Crippen LogP contribution in [0, 0.1) is 5.92 Å². The minimum atomic E-state index is -0.857. The van der Waals surface area contributed by atoms with Gasteiger partial charge in [0.05, 0.1) is 26.4 Å². The number of pyridine rings is 1. The molecule has 3 atom stereocenters. The van der Waals surface area contributed by atoms with Crippen LogP contribution in [0.5, 0.6) is 11.5 Å². The molecule has 10 heteroatoms. The number of carbonyl (C=O) groups excluding carboxylic acids is 3. The van der Waals surface area contributed by atoms with E-state index < -0.39 is 29.6 Å². The normalized spacial score (nSPS) is 13.4. The van der Waals surface area contributed by atoms with E-state index in [-0.39, 0.29) is 49.9 Å². The van der Waals surface area contributed by atoms with Gasteiger partial charge in [-0.1, -0.05) is 30.3 Å². The molecule has 0 amide bonds. The fourth-order valence-corrected chi connectivity index (χ4v) is 5.87. The van der Waals surface area contributed by atoms with Crippen molar-refractivity contribution in [1.82, 2.24) is 9.88 Å². The molecule has 3 rings (SSSR count). The number of aromatic nitrogens is 1. The average molecular weight is 705 g/mol. The quantitative estimate of drug-likeness (QED) is 0.0975. The molecule has 0 bridgehead atoms. The zero-order valence-corrected chi connectivity index (χ0v) is 31.7. The highest BCUT2D eigenvalue weighted by atomic mass is 16.6. The summed E-state index contributed by atoms with van der Waals surface area (Å²) in [6.45, 7) is 13.0. The number of carbonyl (C=O) groups is 3. The molecule has 10 nitrogen and oxygen atoms in total. The lowest BCUT2D eigenvalue weighted by molar-refractivity contribution is -0.163. The van der Waals surface area contributed by atoms with Gasteiger partial charge in [0.15, 0.2) is 0 Å². The minimum absolute atomic E-state index is 0.152. The number of hydrogen-bond donors (Lipinski definition) is 0. The fourth-order valence-electron chi connectivity index (χ4n) is 5.87. The van der Waals surface area contributed by atoms with Crippen molar-refractivity contribution in [2.24, 2.45) is 5.92 Å². The summed E-state index contributed by atoms with van der Waals surface area (Å²) >= 11 is 0. The number of ether oxygens (including phenoxy) is 5. The van der Waals surface area contributed by atoms with Crippen molar-refractivity contribution in [1.29, 1.82) is 0 Å². The number of rotatable bonds is 19. The van der Waals surface area contributed by atoms with E-state index in [9.17, 15) is 14.4 Å². The molecule has 0 radical (unpaired) electrons. The van der Waals surface area contributed by atoms with E-state index in [1.54, 1.807) is 54.3 Å². The molecule has 0 N–H and O–H groups in total. The summed E-state index contributed by atoms with van der Waals surface area (Å²) < 4.78 is 28.2. The average Bonchev–Trinajstić information content (AvgIpc) is 3.06. The van der Waals surface area contributed by atoms with Crippen LogP contribution >= 0.6 is 0 Å². The Morgan fingerprint density at radius 1 is 0.706 bits per heavy atom. The predicted octanol–water partition coefficient (Wildman–Crippen LogP) is 6.81. The van der Waals surface area contributed by atoms with Crippen LogP contribution in [0.4, 0.5) is 0 Å². The summed E-state index contributed by atoms with van der Waals surface area (Å²) in [5, 5.41) is 0. The van der Waals surface area contributed by atoms with E-state index in [0.29, 0.717) is 24.3 Å². The van der Waals surface area contributed by atoms with E-state index in [1.807, 2.05) is 86.3 Å². The van der Waals surface area contributed by atoms with Crippen molar-refractivity contribution in [2.45, 2.75) is 110 Å². The molecule has 0 aliphatic heterocycles. The van der Waals surface area contributed by atoms with Crippen molar-refractivity contribution in [3.8, 4) is 11.5 Å². The maximum absolute atomic E-state index is 14.1. The molecule has 51 heavy (non-hydrogen) atoms. The topological polar surface area (TPSA) is 113 Å². The lowest BCUT2D eigenvalue weighted by atomic mass is 9.92. The Morgan fingerprint density at radius 2 is 1.20 bits per heavy atom. The van der Waals surface area contributed by atoms with Gasteiger partial charge in [-0.25, -0.2) is 0 Å². The van der Waals surface area contributed by atoms with Crippen molar-refractivity contribution in [3.05, 3.63) is 89.7 Å². The van der Waals surface area contributed by atoms with Gasteiger partial charge in [-0.3, -0.25) is 24.3 Å². The zero-order chi connectivity index (χ0) is 37.6. The highest BCUT2D eigenvalue weighted by Crippen LogP contribution is 2.26. The highest BCUT2D eigenvalue weighted by molar-refractivity contribution is 5.80. The molecular formula is C41H56N2O8. The lowest BCUT2D eigenvalue weighted by Crippen LogP contribution is -2.54. The van der Waals surface area contributed by atoms with Gasteiger partial charge in [-0.2, -0.15) is 0 Å². The van der Waals surface area contributed by atoms with Gasteiger partial charge in [0.2, 0.25) is 0 Å². The molecule has 0 aliphatic carbocycles. The molecule has 0 saturated carbocycles. The van der Waals surface area contributed by atoms with Gasteiger partial charge in [0.25, 0.3) is 0 Å². The third kappa shape index (κ3) is 14.4. The Labute approximate surface area is 303 Å². The third-order valence-corrected chi connectivity index (χ3v) is 8.14. The summed E-state index contributed by atoms with van der Waals surface area (Å²) in [5.74, 6) is -0.0175. The Hall–Kier alpha value is -4.44. The predicted molar refractivity (Wildman–Crippen MR) is 197 cm³/mol. The van der Waals surface area contributed by atoms with Gasteiger partial charge in [-0.15, -0.1) is 0 Å². The van der Waals surface area contributed by atoms with Crippen LogP contribution in [-0.2, 0) is 47.9 Å².